The lowest BCUT2D eigenvalue weighted by Gasteiger charge is -2.38. The molecule has 4 rings (SSSR count). The molecule has 0 saturated carbocycles. The molecule has 0 unspecified atom stereocenters. The summed E-state index contributed by atoms with van der Waals surface area (Å²) in [6.45, 7) is 3.02. The number of hydrogen-bond donors (Lipinski definition) is 0. The average Bonchev–Trinajstić information content (AvgIpc) is 2.94. The van der Waals surface area contributed by atoms with E-state index in [0.29, 0.717) is 5.92 Å². The Morgan fingerprint density at radius 1 is 1.18 bits per heavy atom. The average molecular weight is 305 g/mol. The molecule has 0 atom stereocenters. The summed E-state index contributed by atoms with van der Waals surface area (Å²) in [5, 5.41) is 10.2. The first-order chi connectivity index (χ1) is 10.8. The van der Waals surface area contributed by atoms with Crippen molar-refractivity contribution in [2.45, 2.75) is 12.5 Å². The zero-order valence-electron chi connectivity index (χ0n) is 12.1. The highest BCUT2D eigenvalue weighted by Gasteiger charge is 2.30. The predicted molar refractivity (Wildman–Crippen MR) is 88.8 cm³/mol. The first-order valence-corrected chi connectivity index (χ1v) is 8.20. The van der Waals surface area contributed by atoms with Crippen LogP contribution in [0.25, 0.3) is 10.2 Å². The molecule has 0 amide bonds. The Morgan fingerprint density at radius 2 is 2.05 bits per heavy atom. The lowest BCUT2D eigenvalue weighted by atomic mass is 9.99. The topological polar surface area (TPSA) is 39.9 Å². The van der Waals surface area contributed by atoms with Gasteiger partial charge >= 0.3 is 0 Å². The van der Waals surface area contributed by atoms with Crippen LogP contribution >= 0.6 is 11.3 Å². The van der Waals surface area contributed by atoms with E-state index in [1.807, 2.05) is 35.6 Å². The van der Waals surface area contributed by atoms with Gasteiger partial charge in [0, 0.05) is 25.6 Å². The number of para-hydroxylation sites is 1. The molecule has 3 nitrogen and oxygen atoms in total. The van der Waals surface area contributed by atoms with E-state index in [1.54, 1.807) is 0 Å². The minimum Gasteiger partial charge on any atom is -0.298 e. The second kappa shape index (κ2) is 5.53. The van der Waals surface area contributed by atoms with Crippen molar-refractivity contribution in [3.63, 3.8) is 0 Å². The summed E-state index contributed by atoms with van der Waals surface area (Å²) in [6, 6.07) is 18.4. The van der Waals surface area contributed by atoms with E-state index in [9.17, 15) is 0 Å². The van der Waals surface area contributed by atoms with E-state index in [4.69, 9.17) is 10.2 Å². The highest BCUT2D eigenvalue weighted by Crippen LogP contribution is 2.33. The van der Waals surface area contributed by atoms with E-state index in [0.717, 1.165) is 30.7 Å². The van der Waals surface area contributed by atoms with Crippen LogP contribution in [0.4, 0.5) is 0 Å². The molecule has 2 aromatic carbocycles. The van der Waals surface area contributed by atoms with Crippen molar-refractivity contribution in [3.05, 3.63) is 64.7 Å². The molecule has 1 aromatic heterocycles. The fraction of sp³-hybridized carbons (Fsp3) is 0.222. The van der Waals surface area contributed by atoms with Crippen molar-refractivity contribution in [2.75, 3.05) is 13.1 Å². The molecular weight excluding hydrogens is 290 g/mol. The molecular formula is C18H15N3S. The third-order valence-electron chi connectivity index (χ3n) is 4.08. The van der Waals surface area contributed by atoms with Gasteiger partial charge in [0.15, 0.2) is 0 Å². The second-order valence-electron chi connectivity index (χ2n) is 5.72. The number of likely N-dealkylation sites (tertiary alicyclic amines) is 1. The molecule has 4 heteroatoms. The summed E-state index contributed by atoms with van der Waals surface area (Å²) in [7, 11) is 0. The van der Waals surface area contributed by atoms with Crippen LogP contribution in [0.3, 0.4) is 0 Å². The van der Waals surface area contributed by atoms with Gasteiger partial charge < -0.3 is 0 Å². The molecule has 22 heavy (non-hydrogen) atoms. The van der Waals surface area contributed by atoms with Crippen LogP contribution in [0.15, 0.2) is 48.5 Å². The van der Waals surface area contributed by atoms with Crippen molar-refractivity contribution in [2.24, 2.45) is 0 Å². The first-order valence-electron chi connectivity index (χ1n) is 7.39. The van der Waals surface area contributed by atoms with E-state index < -0.39 is 0 Å². The molecule has 0 radical (unpaired) electrons. The van der Waals surface area contributed by atoms with Crippen LogP contribution in [-0.2, 0) is 6.54 Å². The third kappa shape index (κ3) is 2.50. The van der Waals surface area contributed by atoms with Gasteiger partial charge in [0.05, 0.1) is 26.9 Å². The number of thiazole rings is 1. The monoisotopic (exact) mass is 305 g/mol. The van der Waals surface area contributed by atoms with Crippen molar-refractivity contribution < 1.29 is 0 Å². The van der Waals surface area contributed by atoms with Crippen LogP contribution in [0.2, 0.25) is 0 Å². The van der Waals surface area contributed by atoms with Gasteiger partial charge in [-0.1, -0.05) is 24.3 Å². The van der Waals surface area contributed by atoms with Gasteiger partial charge in [-0.05, 0) is 29.8 Å². The van der Waals surface area contributed by atoms with Gasteiger partial charge in [0.1, 0.15) is 0 Å². The van der Waals surface area contributed by atoms with Crippen molar-refractivity contribution in [3.8, 4) is 6.07 Å². The third-order valence-corrected chi connectivity index (χ3v) is 5.28. The molecule has 1 fully saturated rings. The zero-order valence-corrected chi connectivity index (χ0v) is 12.9. The van der Waals surface area contributed by atoms with E-state index in [1.165, 1.54) is 15.3 Å². The quantitative estimate of drug-likeness (QED) is 0.739. The molecule has 3 aromatic rings. The smallest absolute Gasteiger partial charge is 0.0995 e. The SMILES string of the molecule is N#Cc1cccc(CN2CC(c3nc4ccccc4s3)C2)c1. The summed E-state index contributed by atoms with van der Waals surface area (Å²) >= 11 is 1.81. The number of benzene rings is 2. The van der Waals surface area contributed by atoms with Gasteiger partial charge in [-0.3, -0.25) is 4.90 Å². The van der Waals surface area contributed by atoms with Crippen LogP contribution in [0, 0.1) is 11.3 Å². The fourth-order valence-corrected chi connectivity index (χ4v) is 3.97. The Labute approximate surface area is 133 Å². The number of hydrogen-bond acceptors (Lipinski definition) is 4. The lowest BCUT2D eigenvalue weighted by molar-refractivity contribution is 0.139. The maximum atomic E-state index is 8.96. The number of nitrogens with zero attached hydrogens (tertiary/aromatic N) is 3. The molecule has 2 heterocycles. The summed E-state index contributed by atoms with van der Waals surface area (Å²) < 4.78 is 1.28. The molecule has 1 aliphatic heterocycles. The zero-order chi connectivity index (χ0) is 14.9. The molecule has 1 aliphatic rings. The molecule has 108 valence electrons. The van der Waals surface area contributed by atoms with Gasteiger partial charge in [-0.2, -0.15) is 5.26 Å². The Morgan fingerprint density at radius 3 is 2.86 bits per heavy atom. The molecule has 0 N–H and O–H groups in total. The van der Waals surface area contributed by atoms with Crippen molar-refractivity contribution in [1.29, 1.82) is 5.26 Å². The molecule has 1 saturated heterocycles. The number of aromatic nitrogens is 1. The second-order valence-corrected chi connectivity index (χ2v) is 6.79. The normalized spacial score (nSPS) is 15.6. The van der Waals surface area contributed by atoms with Gasteiger partial charge in [-0.25, -0.2) is 4.98 Å². The lowest BCUT2D eigenvalue weighted by Crippen LogP contribution is -2.44. The molecule has 0 spiro atoms. The maximum Gasteiger partial charge on any atom is 0.0995 e. The Kier molecular flexibility index (Phi) is 3.38. The number of fused-ring (bicyclic) bond motifs is 1. The fourth-order valence-electron chi connectivity index (χ4n) is 2.92. The standard InChI is InChI=1S/C18H15N3S/c19-9-13-4-3-5-14(8-13)10-21-11-15(12-21)18-20-16-6-1-2-7-17(16)22-18/h1-8,15H,10-12H2. The highest BCUT2D eigenvalue weighted by molar-refractivity contribution is 7.18. The molecule has 0 bridgehead atoms. The summed E-state index contributed by atoms with van der Waals surface area (Å²) in [5.74, 6) is 0.552. The van der Waals surface area contributed by atoms with Crippen LogP contribution in [0.1, 0.15) is 22.1 Å². The first kappa shape index (κ1) is 13.4. The highest BCUT2D eigenvalue weighted by atomic mass is 32.1. The minimum absolute atomic E-state index is 0.552. The summed E-state index contributed by atoms with van der Waals surface area (Å²) in [5.41, 5.74) is 3.06. The van der Waals surface area contributed by atoms with Crippen LogP contribution < -0.4 is 0 Å². The van der Waals surface area contributed by atoms with Gasteiger partial charge in [-0.15, -0.1) is 11.3 Å². The largest absolute Gasteiger partial charge is 0.298 e. The Balaban J connectivity index is 1.42. The summed E-state index contributed by atoms with van der Waals surface area (Å²) in [4.78, 5) is 7.16. The van der Waals surface area contributed by atoms with Crippen molar-refractivity contribution >= 4 is 21.6 Å². The van der Waals surface area contributed by atoms with Crippen molar-refractivity contribution in [1.82, 2.24) is 9.88 Å². The number of rotatable bonds is 3. The number of nitriles is 1. The van der Waals surface area contributed by atoms with E-state index in [2.05, 4.69) is 35.2 Å². The van der Waals surface area contributed by atoms with E-state index >= 15 is 0 Å². The Hall–Kier alpha value is -2.22. The predicted octanol–water partition coefficient (Wildman–Crippen LogP) is 3.77. The van der Waals surface area contributed by atoms with Crippen LogP contribution in [0.5, 0.6) is 0 Å². The Bertz CT molecular complexity index is 823. The van der Waals surface area contributed by atoms with E-state index in [-0.39, 0.29) is 0 Å². The van der Waals surface area contributed by atoms with Crippen LogP contribution in [-0.4, -0.2) is 23.0 Å². The van der Waals surface area contributed by atoms with Gasteiger partial charge in [0.2, 0.25) is 0 Å². The molecule has 0 aliphatic carbocycles. The maximum absolute atomic E-state index is 8.96. The minimum atomic E-state index is 0.552. The summed E-state index contributed by atoms with van der Waals surface area (Å²) in [6.07, 6.45) is 0. The van der Waals surface area contributed by atoms with Gasteiger partial charge in [0.25, 0.3) is 0 Å².